The maximum Gasteiger partial charge on any atom is 0.257 e. The van der Waals surface area contributed by atoms with Crippen LogP contribution >= 0.6 is 34.7 Å². The van der Waals surface area contributed by atoms with Crippen molar-refractivity contribution in [2.45, 2.75) is 11.3 Å². The summed E-state index contributed by atoms with van der Waals surface area (Å²) < 4.78 is 0.549. The van der Waals surface area contributed by atoms with Gasteiger partial charge in [0.05, 0.1) is 5.75 Å². The molecule has 0 saturated carbocycles. The average molecular weight is 462 g/mol. The molecule has 2 aromatic carbocycles. The van der Waals surface area contributed by atoms with E-state index in [2.05, 4.69) is 26.1 Å². The van der Waals surface area contributed by atoms with E-state index in [0.29, 0.717) is 31.4 Å². The van der Waals surface area contributed by atoms with Gasteiger partial charge in [-0.25, -0.2) is 0 Å². The van der Waals surface area contributed by atoms with E-state index >= 15 is 0 Å². The van der Waals surface area contributed by atoms with E-state index in [9.17, 15) is 14.4 Å². The molecule has 0 bridgehead atoms. The van der Waals surface area contributed by atoms with Gasteiger partial charge >= 0.3 is 0 Å². The highest BCUT2D eigenvalue weighted by molar-refractivity contribution is 8.01. The third-order valence-corrected chi connectivity index (χ3v) is 5.74. The molecule has 154 valence electrons. The van der Waals surface area contributed by atoms with Crippen LogP contribution in [0.15, 0.2) is 52.9 Å². The first-order valence-corrected chi connectivity index (χ1v) is 10.8. The standard InChI is InChI=1S/C19H16ClN5O3S2/c1-11(26)21-14-5-7-15(8-6-14)22-16(27)10-29-19-25-24-18(30-19)23-17(28)12-3-2-4-13(20)9-12/h2-9H,10H2,1H3,(H,21,26)(H,22,27)(H,23,24,28). The molecule has 30 heavy (non-hydrogen) atoms. The van der Waals surface area contributed by atoms with Crippen LogP contribution in [0.1, 0.15) is 17.3 Å². The van der Waals surface area contributed by atoms with Gasteiger partial charge in [0.15, 0.2) is 4.34 Å². The first-order chi connectivity index (χ1) is 14.4. The molecule has 1 heterocycles. The number of halogens is 1. The molecule has 0 radical (unpaired) electrons. The number of carbonyl (C=O) groups excluding carboxylic acids is 3. The van der Waals surface area contributed by atoms with Crippen molar-refractivity contribution in [3.05, 3.63) is 59.1 Å². The van der Waals surface area contributed by atoms with Gasteiger partial charge in [0, 0.05) is 28.9 Å². The van der Waals surface area contributed by atoms with Crippen molar-refractivity contribution in [1.29, 1.82) is 0 Å². The zero-order chi connectivity index (χ0) is 21.5. The number of amides is 3. The van der Waals surface area contributed by atoms with Gasteiger partial charge in [-0.05, 0) is 42.5 Å². The van der Waals surface area contributed by atoms with Crippen LogP contribution in [0.3, 0.4) is 0 Å². The fourth-order valence-electron chi connectivity index (χ4n) is 2.28. The van der Waals surface area contributed by atoms with Gasteiger partial charge in [-0.15, -0.1) is 10.2 Å². The van der Waals surface area contributed by atoms with Crippen LogP contribution in [0.4, 0.5) is 16.5 Å². The normalized spacial score (nSPS) is 10.3. The second-order valence-electron chi connectivity index (χ2n) is 5.93. The van der Waals surface area contributed by atoms with Gasteiger partial charge in [0.25, 0.3) is 5.91 Å². The quantitative estimate of drug-likeness (QED) is 0.360. The maximum absolute atomic E-state index is 12.2. The van der Waals surface area contributed by atoms with Gasteiger partial charge in [0.1, 0.15) is 0 Å². The highest BCUT2D eigenvalue weighted by atomic mass is 35.5. The van der Waals surface area contributed by atoms with Gasteiger partial charge in [0.2, 0.25) is 16.9 Å². The van der Waals surface area contributed by atoms with E-state index in [1.165, 1.54) is 30.0 Å². The minimum Gasteiger partial charge on any atom is -0.326 e. The van der Waals surface area contributed by atoms with E-state index in [1.807, 2.05) is 0 Å². The number of benzene rings is 2. The van der Waals surface area contributed by atoms with Crippen molar-refractivity contribution in [2.24, 2.45) is 0 Å². The molecule has 3 N–H and O–H groups in total. The Hall–Kier alpha value is -2.95. The molecule has 0 spiro atoms. The highest BCUT2D eigenvalue weighted by Crippen LogP contribution is 2.26. The number of hydrogen-bond acceptors (Lipinski definition) is 7. The smallest absolute Gasteiger partial charge is 0.257 e. The summed E-state index contributed by atoms with van der Waals surface area (Å²) in [5.41, 5.74) is 1.67. The molecule has 0 saturated heterocycles. The maximum atomic E-state index is 12.2. The monoisotopic (exact) mass is 461 g/mol. The van der Waals surface area contributed by atoms with Crippen LogP contribution in [-0.4, -0.2) is 33.7 Å². The predicted molar refractivity (Wildman–Crippen MR) is 119 cm³/mol. The van der Waals surface area contributed by atoms with Crippen LogP contribution in [0, 0.1) is 0 Å². The highest BCUT2D eigenvalue weighted by Gasteiger charge is 2.12. The fraction of sp³-hybridized carbons (Fsp3) is 0.105. The molecule has 8 nitrogen and oxygen atoms in total. The molecule has 3 aromatic rings. The molecule has 3 rings (SSSR count). The number of nitrogens with one attached hydrogen (secondary N) is 3. The van der Waals surface area contributed by atoms with E-state index in [0.717, 1.165) is 0 Å². The number of anilines is 3. The van der Waals surface area contributed by atoms with E-state index in [-0.39, 0.29) is 23.5 Å². The molecule has 0 aliphatic rings. The van der Waals surface area contributed by atoms with Crippen LogP contribution in [0.5, 0.6) is 0 Å². The Morgan fingerprint density at radius 1 is 1.00 bits per heavy atom. The minimum absolute atomic E-state index is 0.129. The minimum atomic E-state index is -0.342. The zero-order valence-electron chi connectivity index (χ0n) is 15.6. The van der Waals surface area contributed by atoms with Crippen LogP contribution < -0.4 is 16.0 Å². The van der Waals surface area contributed by atoms with E-state index < -0.39 is 0 Å². The summed E-state index contributed by atoms with van der Waals surface area (Å²) in [4.78, 5) is 35.3. The molecule has 0 aliphatic carbocycles. The van der Waals surface area contributed by atoms with Gasteiger partial charge in [-0.1, -0.05) is 40.8 Å². The molecule has 11 heteroatoms. The molecule has 3 amide bonds. The predicted octanol–water partition coefficient (Wildman–Crippen LogP) is 4.13. The molecular formula is C19H16ClN5O3S2. The molecule has 0 unspecified atom stereocenters. The summed E-state index contributed by atoms with van der Waals surface area (Å²) in [6.45, 7) is 1.43. The summed E-state index contributed by atoms with van der Waals surface area (Å²) in [5.74, 6) is -0.592. The molecule has 1 aromatic heterocycles. The van der Waals surface area contributed by atoms with Crippen LogP contribution in [-0.2, 0) is 9.59 Å². The zero-order valence-corrected chi connectivity index (χ0v) is 18.0. The average Bonchev–Trinajstić information content (AvgIpc) is 3.15. The van der Waals surface area contributed by atoms with E-state index in [4.69, 9.17) is 11.6 Å². The summed E-state index contributed by atoms with van der Waals surface area (Å²) in [6.07, 6.45) is 0. The van der Waals surface area contributed by atoms with Crippen molar-refractivity contribution < 1.29 is 14.4 Å². The van der Waals surface area contributed by atoms with Crippen LogP contribution in [0.2, 0.25) is 5.02 Å². The molecule has 0 atom stereocenters. The third-order valence-electron chi connectivity index (χ3n) is 3.53. The van der Waals surface area contributed by atoms with Crippen molar-refractivity contribution in [3.8, 4) is 0 Å². The number of carbonyl (C=O) groups is 3. The van der Waals surface area contributed by atoms with Crippen molar-refractivity contribution >= 4 is 68.9 Å². The van der Waals surface area contributed by atoms with Crippen molar-refractivity contribution in [1.82, 2.24) is 10.2 Å². The number of thioether (sulfide) groups is 1. The summed E-state index contributed by atoms with van der Waals surface area (Å²) in [5, 5.41) is 16.8. The topological polar surface area (TPSA) is 113 Å². The molecule has 0 fully saturated rings. The first kappa shape index (κ1) is 21.8. The Labute approximate surface area is 185 Å². The van der Waals surface area contributed by atoms with Crippen molar-refractivity contribution in [3.63, 3.8) is 0 Å². The first-order valence-electron chi connectivity index (χ1n) is 8.60. The van der Waals surface area contributed by atoms with Gasteiger partial charge in [-0.2, -0.15) is 0 Å². The lowest BCUT2D eigenvalue weighted by Crippen LogP contribution is -2.14. The van der Waals surface area contributed by atoms with E-state index in [1.54, 1.807) is 48.5 Å². The summed E-state index contributed by atoms with van der Waals surface area (Å²) in [6, 6.07) is 13.4. The third kappa shape index (κ3) is 6.55. The second kappa shape index (κ2) is 10.2. The van der Waals surface area contributed by atoms with Crippen molar-refractivity contribution in [2.75, 3.05) is 21.7 Å². The Morgan fingerprint density at radius 2 is 1.70 bits per heavy atom. The number of hydrogen-bond donors (Lipinski definition) is 3. The number of aromatic nitrogens is 2. The summed E-state index contributed by atoms with van der Waals surface area (Å²) >= 11 is 8.27. The Morgan fingerprint density at radius 3 is 2.37 bits per heavy atom. The number of nitrogens with zero attached hydrogens (tertiary/aromatic N) is 2. The molecule has 0 aliphatic heterocycles. The Balaban J connectivity index is 1.48. The lowest BCUT2D eigenvalue weighted by atomic mass is 10.2. The number of rotatable bonds is 7. The Kier molecular flexibility index (Phi) is 7.39. The Bertz CT molecular complexity index is 1070. The van der Waals surface area contributed by atoms with Gasteiger partial charge in [-0.3, -0.25) is 19.7 Å². The lowest BCUT2D eigenvalue weighted by molar-refractivity contribution is -0.114. The lowest BCUT2D eigenvalue weighted by Gasteiger charge is -2.06. The molecular weight excluding hydrogens is 446 g/mol. The van der Waals surface area contributed by atoms with Gasteiger partial charge < -0.3 is 10.6 Å². The second-order valence-corrected chi connectivity index (χ2v) is 8.57. The summed E-state index contributed by atoms with van der Waals surface area (Å²) in [7, 11) is 0. The van der Waals surface area contributed by atoms with Crippen LogP contribution in [0.25, 0.3) is 0 Å². The SMILES string of the molecule is CC(=O)Nc1ccc(NC(=O)CSc2nnc(NC(=O)c3cccc(Cl)c3)s2)cc1. The largest absolute Gasteiger partial charge is 0.326 e. The fourth-order valence-corrected chi connectivity index (χ4v) is 4.02.